The molecule has 130 valence electrons. The SMILES string of the molecule is Cc1cc(C(=O)COC(=O)c2sc3cc(Cl)ccc3c2Cl)c(C)n1C. The molecule has 0 saturated heterocycles. The van der Waals surface area contributed by atoms with Crippen LogP contribution in [0.4, 0.5) is 0 Å². The highest BCUT2D eigenvalue weighted by molar-refractivity contribution is 7.21. The molecule has 2 heterocycles. The highest BCUT2D eigenvalue weighted by Crippen LogP contribution is 2.37. The van der Waals surface area contributed by atoms with Gasteiger partial charge >= 0.3 is 5.97 Å². The fourth-order valence-corrected chi connectivity index (χ4v) is 4.26. The Morgan fingerprint density at radius 2 is 1.92 bits per heavy atom. The smallest absolute Gasteiger partial charge is 0.350 e. The Bertz CT molecular complexity index is 1000. The summed E-state index contributed by atoms with van der Waals surface area (Å²) in [4.78, 5) is 24.9. The van der Waals surface area contributed by atoms with Crippen LogP contribution in [-0.4, -0.2) is 22.9 Å². The molecule has 0 N–H and O–H groups in total. The van der Waals surface area contributed by atoms with Gasteiger partial charge in [-0.05, 0) is 32.0 Å². The molecular formula is C18H15Cl2NO3S. The summed E-state index contributed by atoms with van der Waals surface area (Å²) >= 11 is 13.4. The van der Waals surface area contributed by atoms with Crippen LogP contribution in [0.2, 0.25) is 10.0 Å². The van der Waals surface area contributed by atoms with Gasteiger partial charge in [-0.1, -0.05) is 29.3 Å². The zero-order valence-electron chi connectivity index (χ0n) is 13.9. The first-order valence-electron chi connectivity index (χ1n) is 7.50. The van der Waals surface area contributed by atoms with E-state index in [-0.39, 0.29) is 17.3 Å². The van der Waals surface area contributed by atoms with Gasteiger partial charge in [0.2, 0.25) is 5.78 Å². The maximum atomic E-state index is 12.3. The van der Waals surface area contributed by atoms with E-state index in [1.807, 2.05) is 25.5 Å². The molecular weight excluding hydrogens is 381 g/mol. The first-order valence-corrected chi connectivity index (χ1v) is 9.07. The highest BCUT2D eigenvalue weighted by atomic mass is 35.5. The van der Waals surface area contributed by atoms with Crippen molar-refractivity contribution in [3.8, 4) is 0 Å². The second kappa shape index (κ2) is 6.83. The third-order valence-corrected chi connectivity index (χ3v) is 6.06. The number of aromatic nitrogens is 1. The molecule has 4 nitrogen and oxygen atoms in total. The Morgan fingerprint density at radius 1 is 1.20 bits per heavy atom. The molecule has 0 bridgehead atoms. The molecule has 0 radical (unpaired) electrons. The number of fused-ring (bicyclic) bond motifs is 1. The van der Waals surface area contributed by atoms with Crippen molar-refractivity contribution in [2.75, 3.05) is 6.61 Å². The second-order valence-electron chi connectivity index (χ2n) is 5.73. The Kier molecular flexibility index (Phi) is 4.91. The van der Waals surface area contributed by atoms with Crippen LogP contribution < -0.4 is 0 Å². The fourth-order valence-electron chi connectivity index (χ4n) is 2.58. The molecule has 0 atom stereocenters. The normalized spacial score (nSPS) is 11.1. The number of thiophene rings is 1. The molecule has 0 unspecified atom stereocenters. The van der Waals surface area contributed by atoms with E-state index in [9.17, 15) is 9.59 Å². The minimum atomic E-state index is -0.610. The van der Waals surface area contributed by atoms with Crippen molar-refractivity contribution in [3.05, 3.63) is 56.1 Å². The van der Waals surface area contributed by atoms with Gasteiger partial charge in [-0.15, -0.1) is 11.3 Å². The van der Waals surface area contributed by atoms with Crippen LogP contribution in [0, 0.1) is 13.8 Å². The van der Waals surface area contributed by atoms with Gasteiger partial charge in [0, 0.05) is 39.1 Å². The number of nitrogens with zero attached hydrogens (tertiary/aromatic N) is 1. The summed E-state index contributed by atoms with van der Waals surface area (Å²) in [5, 5.41) is 1.63. The average Bonchev–Trinajstić information content (AvgIpc) is 3.04. The largest absolute Gasteiger partial charge is 0.453 e. The fraction of sp³-hybridized carbons (Fsp3) is 0.222. The minimum Gasteiger partial charge on any atom is -0.453 e. The van der Waals surface area contributed by atoms with Crippen molar-refractivity contribution in [2.24, 2.45) is 7.05 Å². The van der Waals surface area contributed by atoms with Gasteiger partial charge in [0.15, 0.2) is 6.61 Å². The summed E-state index contributed by atoms with van der Waals surface area (Å²) in [6.07, 6.45) is 0. The molecule has 0 fully saturated rings. The second-order valence-corrected chi connectivity index (χ2v) is 7.60. The van der Waals surface area contributed by atoms with Crippen molar-refractivity contribution < 1.29 is 14.3 Å². The van der Waals surface area contributed by atoms with Gasteiger partial charge in [-0.3, -0.25) is 4.79 Å². The highest BCUT2D eigenvalue weighted by Gasteiger charge is 2.21. The maximum Gasteiger partial charge on any atom is 0.350 e. The van der Waals surface area contributed by atoms with Gasteiger partial charge in [0.05, 0.1) is 5.02 Å². The van der Waals surface area contributed by atoms with Gasteiger partial charge in [-0.2, -0.15) is 0 Å². The number of hydrogen-bond acceptors (Lipinski definition) is 4. The zero-order chi connectivity index (χ0) is 18.3. The number of halogens is 2. The van der Waals surface area contributed by atoms with E-state index in [1.54, 1.807) is 24.3 Å². The first kappa shape index (κ1) is 18.0. The van der Waals surface area contributed by atoms with Crippen LogP contribution in [0.3, 0.4) is 0 Å². The Morgan fingerprint density at radius 3 is 2.56 bits per heavy atom. The number of rotatable bonds is 4. The van der Waals surface area contributed by atoms with Crippen molar-refractivity contribution in [1.82, 2.24) is 4.57 Å². The van der Waals surface area contributed by atoms with E-state index in [0.29, 0.717) is 15.6 Å². The Hall–Kier alpha value is -1.82. The van der Waals surface area contributed by atoms with Gasteiger partial charge < -0.3 is 9.30 Å². The summed E-state index contributed by atoms with van der Waals surface area (Å²) in [5.41, 5.74) is 2.37. The molecule has 0 aliphatic heterocycles. The predicted molar refractivity (Wildman–Crippen MR) is 101 cm³/mol. The minimum absolute atomic E-state index is 0.241. The van der Waals surface area contributed by atoms with Crippen LogP contribution in [0.15, 0.2) is 24.3 Å². The molecule has 1 aromatic carbocycles. The van der Waals surface area contributed by atoms with Crippen LogP contribution in [0.5, 0.6) is 0 Å². The third-order valence-electron chi connectivity index (χ3n) is 4.19. The molecule has 3 aromatic rings. The summed E-state index contributed by atoms with van der Waals surface area (Å²) < 4.78 is 7.90. The van der Waals surface area contributed by atoms with Crippen molar-refractivity contribution in [3.63, 3.8) is 0 Å². The number of hydrogen-bond donors (Lipinski definition) is 0. The summed E-state index contributed by atoms with van der Waals surface area (Å²) in [5.74, 6) is -0.851. The Balaban J connectivity index is 1.77. The van der Waals surface area contributed by atoms with Crippen LogP contribution in [0.1, 0.15) is 31.4 Å². The molecule has 0 aliphatic rings. The molecule has 7 heteroatoms. The van der Waals surface area contributed by atoms with E-state index in [4.69, 9.17) is 27.9 Å². The lowest BCUT2D eigenvalue weighted by atomic mass is 10.1. The standard InChI is InChI=1S/C18H15Cl2NO3S/c1-9-6-13(10(2)21(9)3)14(22)8-24-18(23)17-16(20)12-5-4-11(19)7-15(12)25-17/h4-7H,8H2,1-3H3. The molecule has 0 spiro atoms. The lowest BCUT2D eigenvalue weighted by Gasteiger charge is -2.04. The molecule has 0 aliphatic carbocycles. The molecule has 0 saturated carbocycles. The lowest BCUT2D eigenvalue weighted by molar-refractivity contribution is 0.0479. The van der Waals surface area contributed by atoms with Crippen molar-refractivity contribution >= 4 is 56.4 Å². The first-order chi connectivity index (χ1) is 11.8. The van der Waals surface area contributed by atoms with Crippen LogP contribution in [-0.2, 0) is 11.8 Å². The number of esters is 1. The van der Waals surface area contributed by atoms with Crippen molar-refractivity contribution in [2.45, 2.75) is 13.8 Å². The van der Waals surface area contributed by atoms with Gasteiger partial charge in [-0.25, -0.2) is 4.79 Å². The lowest BCUT2D eigenvalue weighted by Crippen LogP contribution is -2.14. The summed E-state index contributed by atoms with van der Waals surface area (Å²) in [6, 6.07) is 7.00. The monoisotopic (exact) mass is 395 g/mol. The van der Waals surface area contributed by atoms with E-state index in [1.165, 1.54) is 11.3 Å². The quantitative estimate of drug-likeness (QED) is 0.450. The number of ether oxygens (including phenoxy) is 1. The average molecular weight is 396 g/mol. The topological polar surface area (TPSA) is 48.3 Å². The van der Waals surface area contributed by atoms with Gasteiger partial charge in [0.25, 0.3) is 0 Å². The number of benzene rings is 1. The van der Waals surface area contributed by atoms with Gasteiger partial charge in [0.1, 0.15) is 4.88 Å². The Labute approximate surface area is 158 Å². The molecule has 25 heavy (non-hydrogen) atoms. The molecule has 3 rings (SSSR count). The number of aryl methyl sites for hydroxylation is 1. The van der Waals surface area contributed by atoms with Crippen LogP contribution >= 0.6 is 34.5 Å². The summed E-state index contributed by atoms with van der Waals surface area (Å²) in [6.45, 7) is 3.45. The number of carbonyl (C=O) groups is 2. The van der Waals surface area contributed by atoms with Crippen LogP contribution in [0.25, 0.3) is 10.1 Å². The molecule has 2 aromatic heterocycles. The summed E-state index contributed by atoms with van der Waals surface area (Å²) in [7, 11) is 1.88. The van der Waals surface area contributed by atoms with E-state index < -0.39 is 5.97 Å². The predicted octanol–water partition coefficient (Wildman–Crippen LogP) is 5.20. The molecule has 0 amide bonds. The van der Waals surface area contributed by atoms with Crippen molar-refractivity contribution in [1.29, 1.82) is 0 Å². The maximum absolute atomic E-state index is 12.3. The number of Topliss-reactive ketones (excluding diaryl/α,β-unsaturated/α-hetero) is 1. The number of carbonyl (C=O) groups excluding carboxylic acids is 2. The number of ketones is 1. The zero-order valence-corrected chi connectivity index (χ0v) is 16.2. The van der Waals surface area contributed by atoms with E-state index in [0.717, 1.165) is 21.5 Å². The van der Waals surface area contributed by atoms with E-state index >= 15 is 0 Å². The third kappa shape index (κ3) is 3.32. The van der Waals surface area contributed by atoms with E-state index in [2.05, 4.69) is 0 Å².